The third-order valence-corrected chi connectivity index (χ3v) is 6.55. The molecule has 1 N–H and O–H groups in total. The average Bonchev–Trinajstić information content (AvgIpc) is 2.86. The number of hydrogen-bond donors (Lipinski definition) is 1. The number of rotatable bonds is 11. The van der Waals surface area contributed by atoms with E-state index in [0.717, 1.165) is 27.8 Å². The normalized spacial score (nSPS) is 11.8. The van der Waals surface area contributed by atoms with Crippen LogP contribution < -0.4 is 10.1 Å². The van der Waals surface area contributed by atoms with Crippen LogP contribution in [0.15, 0.2) is 66.7 Å². The first kappa shape index (κ1) is 28.3. The van der Waals surface area contributed by atoms with Gasteiger partial charge in [-0.3, -0.25) is 9.59 Å². The highest BCUT2D eigenvalue weighted by Crippen LogP contribution is 2.24. The highest BCUT2D eigenvalue weighted by molar-refractivity contribution is 6.30. The summed E-state index contributed by atoms with van der Waals surface area (Å²) in [5.41, 5.74) is 4.99. The van der Waals surface area contributed by atoms with Crippen LogP contribution in [0.1, 0.15) is 41.7 Å². The molecule has 0 saturated heterocycles. The molecule has 0 spiro atoms. The Morgan fingerprint density at radius 3 is 2.32 bits per heavy atom. The Labute approximate surface area is 225 Å². The number of hydrogen-bond acceptors (Lipinski definition) is 3. The number of nitrogens with zero attached hydrogens (tertiary/aromatic N) is 1. The standard InChI is InChI=1S/C31H37ClN2O3/c1-21(2)18-33-31(36)28(17-25-10-7-6-8-11-25)34(19-26-12-9-13-27(32)16-26)30(35)20-37-29-15-22(3)14-23(4)24(29)5/h6-16,21,28H,17-20H2,1-5H3,(H,33,36)/t28-/m1/s1. The first-order valence-electron chi connectivity index (χ1n) is 12.7. The van der Waals surface area contributed by atoms with Crippen molar-refractivity contribution in [2.45, 2.75) is 53.6 Å². The fourth-order valence-corrected chi connectivity index (χ4v) is 4.39. The number of benzene rings is 3. The summed E-state index contributed by atoms with van der Waals surface area (Å²) in [5.74, 6) is 0.515. The van der Waals surface area contributed by atoms with Gasteiger partial charge in [-0.05, 0) is 72.7 Å². The maximum Gasteiger partial charge on any atom is 0.261 e. The van der Waals surface area contributed by atoms with E-state index in [1.807, 2.05) is 89.2 Å². The van der Waals surface area contributed by atoms with Crippen LogP contribution >= 0.6 is 11.6 Å². The third-order valence-electron chi connectivity index (χ3n) is 6.31. The number of amides is 2. The lowest BCUT2D eigenvalue weighted by molar-refractivity contribution is -0.142. The Bertz CT molecular complexity index is 1210. The molecule has 3 aromatic rings. The zero-order valence-corrected chi connectivity index (χ0v) is 23.1. The van der Waals surface area contributed by atoms with Crippen molar-refractivity contribution in [3.05, 3.63) is 99.6 Å². The van der Waals surface area contributed by atoms with Gasteiger partial charge >= 0.3 is 0 Å². The number of nitrogens with one attached hydrogen (secondary N) is 1. The number of halogens is 1. The summed E-state index contributed by atoms with van der Waals surface area (Å²) >= 11 is 6.25. The lowest BCUT2D eigenvalue weighted by atomic mass is 10.0. The van der Waals surface area contributed by atoms with Crippen molar-refractivity contribution in [2.75, 3.05) is 13.2 Å². The Morgan fingerprint density at radius 2 is 1.65 bits per heavy atom. The van der Waals surface area contributed by atoms with E-state index in [0.29, 0.717) is 23.7 Å². The molecule has 3 rings (SSSR count). The van der Waals surface area contributed by atoms with Gasteiger partial charge in [-0.15, -0.1) is 0 Å². The van der Waals surface area contributed by atoms with E-state index in [4.69, 9.17) is 16.3 Å². The summed E-state index contributed by atoms with van der Waals surface area (Å²) in [4.78, 5) is 28.9. The SMILES string of the molecule is Cc1cc(C)c(C)c(OCC(=O)N(Cc2cccc(Cl)c2)[C@H](Cc2ccccc2)C(=O)NCC(C)C)c1. The van der Waals surface area contributed by atoms with Crippen molar-refractivity contribution >= 4 is 23.4 Å². The molecular weight excluding hydrogens is 484 g/mol. The highest BCUT2D eigenvalue weighted by atomic mass is 35.5. The van der Waals surface area contributed by atoms with Gasteiger partial charge in [0.25, 0.3) is 5.91 Å². The van der Waals surface area contributed by atoms with Gasteiger partial charge in [0.1, 0.15) is 11.8 Å². The van der Waals surface area contributed by atoms with Crippen LogP contribution in [0.25, 0.3) is 0 Å². The predicted octanol–water partition coefficient (Wildman–Crippen LogP) is 6.06. The number of carbonyl (C=O) groups is 2. The first-order valence-corrected chi connectivity index (χ1v) is 13.1. The number of aryl methyl sites for hydroxylation is 2. The van der Waals surface area contributed by atoms with Crippen molar-refractivity contribution in [1.29, 1.82) is 0 Å². The van der Waals surface area contributed by atoms with E-state index < -0.39 is 6.04 Å². The summed E-state index contributed by atoms with van der Waals surface area (Å²) < 4.78 is 6.03. The molecule has 0 heterocycles. The Hall–Kier alpha value is -3.31. The van der Waals surface area contributed by atoms with E-state index >= 15 is 0 Å². The molecule has 0 radical (unpaired) electrons. The lowest BCUT2D eigenvalue weighted by Crippen LogP contribution is -2.52. The van der Waals surface area contributed by atoms with Gasteiger partial charge in [0.2, 0.25) is 5.91 Å². The molecule has 5 nitrogen and oxygen atoms in total. The van der Waals surface area contributed by atoms with Crippen LogP contribution in [0, 0.1) is 26.7 Å². The second-order valence-corrected chi connectivity index (χ2v) is 10.4. The summed E-state index contributed by atoms with van der Waals surface area (Å²) in [6.07, 6.45) is 0.389. The van der Waals surface area contributed by atoms with Gasteiger partial charge in [0.15, 0.2) is 6.61 Å². The van der Waals surface area contributed by atoms with Crippen LogP contribution in [0.3, 0.4) is 0 Å². The van der Waals surface area contributed by atoms with Gasteiger partial charge in [0, 0.05) is 24.5 Å². The molecule has 0 fully saturated rings. The Morgan fingerprint density at radius 1 is 0.946 bits per heavy atom. The van der Waals surface area contributed by atoms with Crippen molar-refractivity contribution in [2.24, 2.45) is 5.92 Å². The molecule has 0 saturated carbocycles. The molecular formula is C31H37ClN2O3. The zero-order chi connectivity index (χ0) is 26.9. The average molecular weight is 521 g/mol. The quantitative estimate of drug-likeness (QED) is 0.334. The molecule has 196 valence electrons. The number of carbonyl (C=O) groups excluding carboxylic acids is 2. The van der Waals surface area contributed by atoms with Crippen molar-refractivity contribution < 1.29 is 14.3 Å². The Kier molecular flexibility index (Phi) is 10.2. The highest BCUT2D eigenvalue weighted by Gasteiger charge is 2.31. The van der Waals surface area contributed by atoms with Gasteiger partial charge in [-0.1, -0.05) is 74.0 Å². The maximum absolute atomic E-state index is 13.7. The zero-order valence-electron chi connectivity index (χ0n) is 22.4. The minimum atomic E-state index is -0.712. The van der Waals surface area contributed by atoms with E-state index in [2.05, 4.69) is 11.4 Å². The van der Waals surface area contributed by atoms with E-state index in [9.17, 15) is 9.59 Å². The molecule has 0 aromatic heterocycles. The molecule has 0 aliphatic carbocycles. The van der Waals surface area contributed by atoms with Crippen LogP contribution in [-0.2, 0) is 22.6 Å². The fourth-order valence-electron chi connectivity index (χ4n) is 4.18. The van der Waals surface area contributed by atoms with E-state index in [1.54, 1.807) is 11.0 Å². The molecule has 0 unspecified atom stereocenters. The topological polar surface area (TPSA) is 58.6 Å². The largest absolute Gasteiger partial charge is 0.483 e. The predicted molar refractivity (Wildman–Crippen MR) is 150 cm³/mol. The van der Waals surface area contributed by atoms with Gasteiger partial charge in [-0.2, -0.15) is 0 Å². The van der Waals surface area contributed by atoms with Crippen LogP contribution in [0.4, 0.5) is 0 Å². The van der Waals surface area contributed by atoms with Crippen LogP contribution in [0.2, 0.25) is 5.02 Å². The molecule has 0 bridgehead atoms. The fraction of sp³-hybridized carbons (Fsp3) is 0.355. The van der Waals surface area contributed by atoms with Crippen molar-refractivity contribution in [3.8, 4) is 5.75 Å². The van der Waals surface area contributed by atoms with Crippen LogP contribution in [0.5, 0.6) is 5.75 Å². The van der Waals surface area contributed by atoms with E-state index in [-0.39, 0.29) is 30.9 Å². The van der Waals surface area contributed by atoms with Crippen LogP contribution in [-0.4, -0.2) is 35.9 Å². The molecule has 2 amide bonds. The number of ether oxygens (including phenoxy) is 1. The molecule has 1 atom stereocenters. The van der Waals surface area contributed by atoms with Gasteiger partial charge in [0.05, 0.1) is 0 Å². The minimum Gasteiger partial charge on any atom is -0.483 e. The van der Waals surface area contributed by atoms with Crippen molar-refractivity contribution in [3.63, 3.8) is 0 Å². The lowest BCUT2D eigenvalue weighted by Gasteiger charge is -2.32. The molecule has 0 aliphatic rings. The van der Waals surface area contributed by atoms with Gasteiger partial charge in [-0.25, -0.2) is 0 Å². The smallest absolute Gasteiger partial charge is 0.261 e. The summed E-state index contributed by atoms with van der Waals surface area (Å²) in [6.45, 7) is 10.7. The second-order valence-electron chi connectivity index (χ2n) is 9.99. The summed E-state index contributed by atoms with van der Waals surface area (Å²) in [5, 5.41) is 3.61. The molecule has 6 heteroatoms. The van der Waals surface area contributed by atoms with E-state index in [1.165, 1.54) is 0 Å². The maximum atomic E-state index is 13.7. The first-order chi connectivity index (χ1) is 17.6. The summed E-state index contributed by atoms with van der Waals surface area (Å²) in [7, 11) is 0. The summed E-state index contributed by atoms with van der Waals surface area (Å²) in [6, 6.07) is 20.4. The third kappa shape index (κ3) is 8.36. The second kappa shape index (κ2) is 13.3. The molecule has 37 heavy (non-hydrogen) atoms. The minimum absolute atomic E-state index is 0.174. The Balaban J connectivity index is 1.93. The molecule has 3 aromatic carbocycles. The molecule has 0 aliphatic heterocycles. The van der Waals surface area contributed by atoms with Gasteiger partial charge < -0.3 is 15.0 Å². The monoisotopic (exact) mass is 520 g/mol. The van der Waals surface area contributed by atoms with Crippen molar-refractivity contribution in [1.82, 2.24) is 10.2 Å².